The molecule has 1 heterocycles. The van der Waals surface area contributed by atoms with Crippen LogP contribution in [0.25, 0.3) is 0 Å². The highest BCUT2D eigenvalue weighted by molar-refractivity contribution is 7.77. The number of benzene rings is 2. The van der Waals surface area contributed by atoms with Crippen LogP contribution in [0.5, 0.6) is 0 Å². The van der Waals surface area contributed by atoms with E-state index in [9.17, 15) is 18.4 Å². The van der Waals surface area contributed by atoms with E-state index in [1.165, 1.54) is 4.90 Å². The Morgan fingerprint density at radius 3 is 2.58 bits per heavy atom. The molecule has 11 heteroatoms. The van der Waals surface area contributed by atoms with Crippen LogP contribution < -0.4 is 21.5 Å². The second-order valence-electron chi connectivity index (χ2n) is 7.71. The van der Waals surface area contributed by atoms with Crippen molar-refractivity contribution in [3.8, 4) is 0 Å². The number of guanidine groups is 1. The number of likely N-dealkylation sites (tertiary alicyclic amines) is 1. The molecule has 0 bridgehead atoms. The number of aliphatic imine (C=N–C) groups is 1. The topological polar surface area (TPSA) is 166 Å². The van der Waals surface area contributed by atoms with Gasteiger partial charge in [0.2, 0.25) is 11.8 Å². The molecule has 3 atom stereocenters. The number of nitrogens with zero attached hydrogens (tertiary/aromatic N) is 2. The first-order valence-corrected chi connectivity index (χ1v) is 11.6. The van der Waals surface area contributed by atoms with E-state index in [-0.39, 0.29) is 24.8 Å². The number of nitrogens with one attached hydrogen (secondary N) is 2. The molecule has 1 aliphatic rings. The Kier molecular flexibility index (Phi) is 8.52. The normalized spacial score (nSPS) is 17.2. The van der Waals surface area contributed by atoms with E-state index in [4.69, 9.17) is 11.5 Å². The molecule has 2 amide bonds. The smallest absolute Gasteiger partial charge is 0.243 e. The third-order valence-corrected chi connectivity index (χ3v) is 5.77. The molecule has 0 radical (unpaired) electrons. The lowest BCUT2D eigenvalue weighted by molar-refractivity contribution is -0.139. The van der Waals surface area contributed by atoms with Gasteiger partial charge in [-0.3, -0.25) is 13.8 Å². The highest BCUT2D eigenvalue weighted by atomic mass is 32.2. The summed E-state index contributed by atoms with van der Waals surface area (Å²) in [6, 6.07) is 14.6. The van der Waals surface area contributed by atoms with Crippen LogP contribution in [0.2, 0.25) is 0 Å². The van der Waals surface area contributed by atoms with Gasteiger partial charge < -0.3 is 26.2 Å². The van der Waals surface area contributed by atoms with Gasteiger partial charge in [-0.1, -0.05) is 42.5 Å². The number of nitrogens with two attached hydrogens (primary N) is 2. The molecule has 6 N–H and O–H groups in total. The van der Waals surface area contributed by atoms with Crippen molar-refractivity contribution in [3.63, 3.8) is 0 Å². The molecule has 2 aromatic rings. The van der Waals surface area contributed by atoms with Crippen LogP contribution in [-0.2, 0) is 33.8 Å². The standard InChI is InChI=1S/C22H28N6O4S/c23-22(24)26-17-9-4-8-16(12-17)14-25-20(29)19-10-5-11-28(19)21(30)18(27-33(31)32)13-15-6-2-1-3-7-15/h1-4,6-9,12,18-19,27H,5,10-11,13-14H2,(H,25,29)(H,31,32)(H4,23,24,26)/p-1. The zero-order chi connectivity index (χ0) is 23.8. The summed E-state index contributed by atoms with van der Waals surface area (Å²) in [4.78, 5) is 31.5. The minimum absolute atomic E-state index is 0.0611. The fourth-order valence-electron chi connectivity index (χ4n) is 3.84. The average Bonchev–Trinajstić information content (AvgIpc) is 3.27. The number of amides is 2. The van der Waals surface area contributed by atoms with Crippen molar-refractivity contribution in [2.75, 3.05) is 6.54 Å². The van der Waals surface area contributed by atoms with Gasteiger partial charge in [0.15, 0.2) is 5.96 Å². The van der Waals surface area contributed by atoms with Crippen LogP contribution >= 0.6 is 0 Å². The summed E-state index contributed by atoms with van der Waals surface area (Å²) in [6.45, 7) is 0.622. The lowest BCUT2D eigenvalue weighted by Gasteiger charge is -2.29. The fraction of sp³-hybridized carbons (Fsp3) is 0.318. The largest absolute Gasteiger partial charge is 0.760 e. The third-order valence-electron chi connectivity index (χ3n) is 5.29. The van der Waals surface area contributed by atoms with Crippen LogP contribution in [0.15, 0.2) is 59.6 Å². The summed E-state index contributed by atoms with van der Waals surface area (Å²) in [7, 11) is 0. The molecule has 1 aliphatic heterocycles. The van der Waals surface area contributed by atoms with E-state index in [1.807, 2.05) is 36.4 Å². The van der Waals surface area contributed by atoms with Crippen molar-refractivity contribution < 1.29 is 18.4 Å². The molecule has 2 aromatic carbocycles. The van der Waals surface area contributed by atoms with Gasteiger partial charge in [0, 0.05) is 24.4 Å². The molecule has 176 valence electrons. The Morgan fingerprint density at radius 1 is 1.15 bits per heavy atom. The lowest BCUT2D eigenvalue weighted by Crippen LogP contribution is -2.53. The fourth-order valence-corrected chi connectivity index (χ4v) is 4.26. The predicted octanol–water partition coefficient (Wildman–Crippen LogP) is 0.194. The molecule has 33 heavy (non-hydrogen) atoms. The lowest BCUT2D eigenvalue weighted by atomic mass is 10.1. The van der Waals surface area contributed by atoms with Gasteiger partial charge in [0.25, 0.3) is 0 Å². The van der Waals surface area contributed by atoms with E-state index in [0.717, 1.165) is 11.1 Å². The Labute approximate surface area is 194 Å². The molecule has 0 saturated carbocycles. The van der Waals surface area contributed by atoms with E-state index in [0.29, 0.717) is 25.1 Å². The summed E-state index contributed by atoms with van der Waals surface area (Å²) in [6.07, 6.45) is 1.35. The van der Waals surface area contributed by atoms with Crippen molar-refractivity contribution in [2.45, 2.75) is 37.9 Å². The average molecular weight is 472 g/mol. The summed E-state index contributed by atoms with van der Waals surface area (Å²) in [5.74, 6) is -0.778. The molecule has 1 fully saturated rings. The number of carbonyl (C=O) groups excluding carboxylic acids is 2. The van der Waals surface area contributed by atoms with Gasteiger partial charge >= 0.3 is 0 Å². The summed E-state index contributed by atoms with van der Waals surface area (Å²) in [5, 5.41) is 2.85. The van der Waals surface area contributed by atoms with Crippen molar-refractivity contribution in [3.05, 3.63) is 65.7 Å². The molecular weight excluding hydrogens is 444 g/mol. The van der Waals surface area contributed by atoms with Gasteiger partial charge in [-0.05, 0) is 42.5 Å². The maximum absolute atomic E-state index is 13.2. The number of carbonyl (C=O) groups is 2. The molecule has 3 unspecified atom stereocenters. The van der Waals surface area contributed by atoms with E-state index in [2.05, 4.69) is 15.0 Å². The van der Waals surface area contributed by atoms with E-state index < -0.39 is 29.3 Å². The molecule has 1 saturated heterocycles. The molecule has 3 rings (SSSR count). The summed E-state index contributed by atoms with van der Waals surface area (Å²) in [5.41, 5.74) is 13.0. The van der Waals surface area contributed by atoms with Gasteiger partial charge in [-0.25, -0.2) is 9.71 Å². The Morgan fingerprint density at radius 2 is 1.88 bits per heavy atom. The van der Waals surface area contributed by atoms with Crippen LogP contribution in [-0.4, -0.2) is 50.1 Å². The second kappa shape index (κ2) is 11.5. The first-order chi connectivity index (χ1) is 15.8. The van der Waals surface area contributed by atoms with Crippen molar-refractivity contribution in [1.29, 1.82) is 0 Å². The molecule has 0 spiro atoms. The minimum Gasteiger partial charge on any atom is -0.760 e. The quantitative estimate of drug-likeness (QED) is 0.231. The first kappa shape index (κ1) is 24.4. The van der Waals surface area contributed by atoms with Crippen LogP contribution in [0.4, 0.5) is 5.69 Å². The zero-order valence-electron chi connectivity index (χ0n) is 18.0. The highest BCUT2D eigenvalue weighted by Gasteiger charge is 2.37. The van der Waals surface area contributed by atoms with Crippen LogP contribution in [0, 0.1) is 0 Å². The summed E-state index contributed by atoms with van der Waals surface area (Å²) < 4.78 is 24.9. The van der Waals surface area contributed by atoms with Crippen molar-refractivity contribution in [2.24, 2.45) is 16.5 Å². The Balaban J connectivity index is 1.66. The van der Waals surface area contributed by atoms with Gasteiger partial charge in [-0.2, -0.15) is 0 Å². The molecule has 0 aromatic heterocycles. The van der Waals surface area contributed by atoms with Crippen LogP contribution in [0.1, 0.15) is 24.0 Å². The second-order valence-corrected chi connectivity index (χ2v) is 8.41. The number of hydrogen-bond acceptors (Lipinski definition) is 5. The minimum atomic E-state index is -2.62. The molecule has 0 aliphatic carbocycles. The van der Waals surface area contributed by atoms with Crippen LogP contribution in [0.3, 0.4) is 0 Å². The Hall–Kier alpha value is -3.28. The van der Waals surface area contributed by atoms with E-state index >= 15 is 0 Å². The SMILES string of the molecule is NC(N)=Nc1cccc(CNC(=O)C2CCCN2C(=O)C(Cc2ccccc2)NS(=O)[O-])c1. The maximum Gasteiger partial charge on any atom is 0.243 e. The molecular formula is C22H27N6O4S-. The maximum atomic E-state index is 13.2. The zero-order valence-corrected chi connectivity index (χ0v) is 18.8. The Bertz CT molecular complexity index is 1030. The number of rotatable bonds is 9. The van der Waals surface area contributed by atoms with Crippen molar-refractivity contribution >= 4 is 34.7 Å². The van der Waals surface area contributed by atoms with Gasteiger partial charge in [0.1, 0.15) is 12.1 Å². The number of hydrogen-bond donors (Lipinski definition) is 4. The van der Waals surface area contributed by atoms with E-state index in [1.54, 1.807) is 18.2 Å². The van der Waals surface area contributed by atoms with Gasteiger partial charge in [0.05, 0.1) is 5.69 Å². The highest BCUT2D eigenvalue weighted by Crippen LogP contribution is 2.20. The van der Waals surface area contributed by atoms with Gasteiger partial charge in [-0.15, -0.1) is 0 Å². The monoisotopic (exact) mass is 471 g/mol. The summed E-state index contributed by atoms with van der Waals surface area (Å²) >= 11 is -2.62. The predicted molar refractivity (Wildman–Crippen MR) is 124 cm³/mol. The molecule has 10 nitrogen and oxygen atoms in total. The first-order valence-electron chi connectivity index (χ1n) is 10.5. The third kappa shape index (κ3) is 7.11. The van der Waals surface area contributed by atoms with Crippen molar-refractivity contribution in [1.82, 2.24) is 14.9 Å².